The normalized spacial score (nSPS) is 14.6. The van der Waals surface area contributed by atoms with Gasteiger partial charge in [0.05, 0.1) is 0 Å². The van der Waals surface area contributed by atoms with E-state index in [1.165, 1.54) is 18.2 Å². The third kappa shape index (κ3) is 3.51. The smallest absolute Gasteiger partial charge is 0.354 e. The first-order valence-electron chi connectivity index (χ1n) is 7.05. The number of carbonyl (C=O) groups is 3. The lowest BCUT2D eigenvalue weighted by Crippen LogP contribution is -2.53. The van der Waals surface area contributed by atoms with Gasteiger partial charge in [-0.2, -0.15) is 0 Å². The summed E-state index contributed by atoms with van der Waals surface area (Å²) < 4.78 is 0. The molecule has 0 aliphatic carbocycles. The Balaban J connectivity index is 1.99. The monoisotopic (exact) mass is 306 g/mol. The first kappa shape index (κ1) is 15.7. The summed E-state index contributed by atoms with van der Waals surface area (Å²) in [4.78, 5) is 42.0. The maximum Gasteiger partial charge on any atom is 0.354 e. The molecule has 118 valence electrons. The van der Waals surface area contributed by atoms with Crippen molar-refractivity contribution in [3.8, 4) is 0 Å². The van der Waals surface area contributed by atoms with E-state index >= 15 is 0 Å². The van der Waals surface area contributed by atoms with Crippen molar-refractivity contribution < 1.29 is 19.5 Å². The fourth-order valence-corrected chi connectivity index (χ4v) is 2.21. The number of carboxylic acid groups (broad SMARTS) is 1. The zero-order valence-electron chi connectivity index (χ0n) is 12.3. The Morgan fingerprint density at radius 1 is 1.14 bits per heavy atom. The summed E-state index contributed by atoms with van der Waals surface area (Å²) in [7, 11) is 0. The largest absolute Gasteiger partial charge is 0.477 e. The van der Waals surface area contributed by atoms with Crippen LogP contribution >= 0.6 is 0 Å². The standard InChI is InChI=1S/C14H18N4O4/c1-2-15-14(22)18-8-6-17(7-9-18)12(19)10-4-3-5-11(16-10)13(20)21/h3-5H,2,6-9H2,1H3,(H,15,22)(H,20,21). The molecule has 0 atom stereocenters. The van der Waals surface area contributed by atoms with Gasteiger partial charge >= 0.3 is 12.0 Å². The minimum Gasteiger partial charge on any atom is -0.477 e. The minimum atomic E-state index is -1.17. The molecular weight excluding hydrogens is 288 g/mol. The number of piperazine rings is 1. The Kier molecular flexibility index (Phi) is 4.92. The van der Waals surface area contributed by atoms with Crippen LogP contribution in [0, 0.1) is 0 Å². The van der Waals surface area contributed by atoms with Crippen LogP contribution in [-0.2, 0) is 0 Å². The molecule has 0 aromatic carbocycles. The Bertz CT molecular complexity index is 582. The van der Waals surface area contributed by atoms with E-state index in [1.807, 2.05) is 6.92 Å². The van der Waals surface area contributed by atoms with Crippen LogP contribution in [-0.4, -0.2) is 70.5 Å². The number of hydrogen-bond acceptors (Lipinski definition) is 4. The molecule has 22 heavy (non-hydrogen) atoms. The molecule has 0 saturated carbocycles. The van der Waals surface area contributed by atoms with Crippen molar-refractivity contribution in [3.63, 3.8) is 0 Å². The SMILES string of the molecule is CCNC(=O)N1CCN(C(=O)c2cccc(C(=O)O)n2)CC1. The van der Waals surface area contributed by atoms with Gasteiger partial charge in [0.1, 0.15) is 11.4 Å². The van der Waals surface area contributed by atoms with Gasteiger partial charge in [-0.25, -0.2) is 14.6 Å². The average molecular weight is 306 g/mol. The molecule has 2 rings (SSSR count). The third-order valence-corrected chi connectivity index (χ3v) is 3.37. The predicted octanol–water partition coefficient (Wildman–Crippen LogP) is 0.267. The van der Waals surface area contributed by atoms with Gasteiger partial charge in [0, 0.05) is 32.7 Å². The number of amides is 3. The Morgan fingerprint density at radius 3 is 2.32 bits per heavy atom. The van der Waals surface area contributed by atoms with Gasteiger partial charge in [0.2, 0.25) is 0 Å². The van der Waals surface area contributed by atoms with Gasteiger partial charge in [0.15, 0.2) is 0 Å². The minimum absolute atomic E-state index is 0.103. The number of aromatic nitrogens is 1. The van der Waals surface area contributed by atoms with Crippen LogP contribution in [0.1, 0.15) is 27.9 Å². The molecular formula is C14H18N4O4. The lowest BCUT2D eigenvalue weighted by atomic mass is 10.2. The van der Waals surface area contributed by atoms with Gasteiger partial charge in [0.25, 0.3) is 5.91 Å². The number of urea groups is 1. The lowest BCUT2D eigenvalue weighted by Gasteiger charge is -2.34. The maximum absolute atomic E-state index is 12.3. The van der Waals surface area contributed by atoms with E-state index in [0.29, 0.717) is 32.7 Å². The molecule has 1 aromatic heterocycles. The zero-order valence-corrected chi connectivity index (χ0v) is 12.3. The molecule has 8 nitrogen and oxygen atoms in total. The molecule has 3 amide bonds. The molecule has 8 heteroatoms. The molecule has 0 unspecified atom stereocenters. The molecule has 1 aromatic rings. The van der Waals surface area contributed by atoms with Crippen LogP contribution in [0.4, 0.5) is 4.79 Å². The van der Waals surface area contributed by atoms with Crippen LogP contribution in [0.25, 0.3) is 0 Å². The van der Waals surface area contributed by atoms with Crippen molar-refractivity contribution in [2.75, 3.05) is 32.7 Å². The van der Waals surface area contributed by atoms with E-state index in [2.05, 4.69) is 10.3 Å². The molecule has 1 fully saturated rings. The van der Waals surface area contributed by atoms with E-state index in [0.717, 1.165) is 0 Å². The molecule has 0 spiro atoms. The summed E-state index contributed by atoms with van der Waals surface area (Å²) in [6, 6.07) is 4.19. The van der Waals surface area contributed by atoms with Crippen molar-refractivity contribution in [3.05, 3.63) is 29.6 Å². The summed E-state index contributed by atoms with van der Waals surface area (Å²) in [5, 5.41) is 11.6. The summed E-state index contributed by atoms with van der Waals surface area (Å²) in [6.07, 6.45) is 0. The Morgan fingerprint density at radius 2 is 1.73 bits per heavy atom. The number of aromatic carboxylic acids is 1. The van der Waals surface area contributed by atoms with E-state index in [1.54, 1.807) is 9.80 Å². The summed E-state index contributed by atoms with van der Waals surface area (Å²) in [6.45, 7) is 4.08. The second kappa shape index (κ2) is 6.88. The van der Waals surface area contributed by atoms with Gasteiger partial charge in [-0.15, -0.1) is 0 Å². The van der Waals surface area contributed by atoms with Gasteiger partial charge in [-0.05, 0) is 19.1 Å². The first-order chi connectivity index (χ1) is 10.5. The first-order valence-corrected chi connectivity index (χ1v) is 7.05. The summed E-state index contributed by atoms with van der Waals surface area (Å²) in [5.74, 6) is -1.49. The number of hydrogen-bond donors (Lipinski definition) is 2. The highest BCUT2D eigenvalue weighted by Gasteiger charge is 2.25. The van der Waals surface area contributed by atoms with Crippen molar-refractivity contribution in [1.82, 2.24) is 20.1 Å². The summed E-state index contributed by atoms with van der Waals surface area (Å²) in [5.41, 5.74) is -0.0573. The molecule has 1 aliphatic rings. The number of nitrogens with zero attached hydrogens (tertiary/aromatic N) is 3. The fraction of sp³-hybridized carbons (Fsp3) is 0.429. The average Bonchev–Trinajstić information content (AvgIpc) is 2.54. The Labute approximate surface area is 127 Å². The van der Waals surface area contributed by atoms with E-state index in [4.69, 9.17) is 5.11 Å². The molecule has 0 bridgehead atoms. The fourth-order valence-electron chi connectivity index (χ4n) is 2.21. The van der Waals surface area contributed by atoms with Crippen molar-refractivity contribution in [1.29, 1.82) is 0 Å². The lowest BCUT2D eigenvalue weighted by molar-refractivity contribution is 0.0657. The molecule has 2 N–H and O–H groups in total. The summed E-state index contributed by atoms with van der Waals surface area (Å²) >= 11 is 0. The van der Waals surface area contributed by atoms with E-state index in [-0.39, 0.29) is 23.3 Å². The van der Waals surface area contributed by atoms with Gasteiger partial charge < -0.3 is 20.2 Å². The van der Waals surface area contributed by atoms with Crippen LogP contribution in [0.5, 0.6) is 0 Å². The predicted molar refractivity (Wildman–Crippen MR) is 77.7 cm³/mol. The van der Waals surface area contributed by atoms with Crippen LogP contribution in [0.3, 0.4) is 0 Å². The van der Waals surface area contributed by atoms with Gasteiger partial charge in [-0.1, -0.05) is 6.07 Å². The number of nitrogens with one attached hydrogen (secondary N) is 1. The second-order valence-electron chi connectivity index (χ2n) is 4.83. The molecule has 2 heterocycles. The quantitative estimate of drug-likeness (QED) is 0.834. The molecule has 0 radical (unpaired) electrons. The van der Waals surface area contributed by atoms with E-state index < -0.39 is 5.97 Å². The zero-order chi connectivity index (χ0) is 16.1. The van der Waals surface area contributed by atoms with Crippen molar-refractivity contribution in [2.24, 2.45) is 0 Å². The van der Waals surface area contributed by atoms with Crippen LogP contribution in [0.15, 0.2) is 18.2 Å². The molecule has 1 aliphatic heterocycles. The number of carboxylic acids is 1. The maximum atomic E-state index is 12.3. The van der Waals surface area contributed by atoms with Crippen molar-refractivity contribution >= 4 is 17.9 Å². The van der Waals surface area contributed by atoms with E-state index in [9.17, 15) is 14.4 Å². The second-order valence-corrected chi connectivity index (χ2v) is 4.83. The number of carbonyl (C=O) groups excluding carboxylic acids is 2. The topological polar surface area (TPSA) is 103 Å². The highest BCUT2D eigenvalue weighted by Crippen LogP contribution is 2.08. The molecule has 1 saturated heterocycles. The highest BCUT2D eigenvalue weighted by atomic mass is 16.4. The van der Waals surface area contributed by atoms with Crippen LogP contribution < -0.4 is 5.32 Å². The Hall–Kier alpha value is -2.64. The number of rotatable bonds is 3. The van der Waals surface area contributed by atoms with Crippen LogP contribution in [0.2, 0.25) is 0 Å². The highest BCUT2D eigenvalue weighted by molar-refractivity contribution is 5.94. The number of pyridine rings is 1. The third-order valence-electron chi connectivity index (χ3n) is 3.37. The van der Waals surface area contributed by atoms with Crippen molar-refractivity contribution in [2.45, 2.75) is 6.92 Å². The van der Waals surface area contributed by atoms with Gasteiger partial charge in [-0.3, -0.25) is 4.79 Å².